The predicted molar refractivity (Wildman–Crippen MR) is 165 cm³/mol. The van der Waals surface area contributed by atoms with E-state index in [1.54, 1.807) is 11.3 Å². The van der Waals surface area contributed by atoms with Gasteiger partial charge in [0.25, 0.3) is 0 Å². The number of carbonyl (C=O) groups is 4. The second-order valence-electron chi connectivity index (χ2n) is 12.0. The summed E-state index contributed by atoms with van der Waals surface area (Å²) in [7, 11) is 0. The van der Waals surface area contributed by atoms with E-state index in [-0.39, 0.29) is 64.2 Å². The van der Waals surface area contributed by atoms with Crippen LogP contribution >= 0.6 is 11.3 Å². The van der Waals surface area contributed by atoms with Gasteiger partial charge in [-0.1, -0.05) is 45.0 Å². The van der Waals surface area contributed by atoms with Crippen LogP contribution in [0.2, 0.25) is 0 Å². The Hall–Kier alpha value is -3.39. The number of aliphatic hydroxyl groups is 1. The number of carbonyl (C=O) groups excluding carboxylic acids is 3. The number of β-amino-alcohol motifs (C(OH)–C–C–N with tert-alkyl or cyclic N) is 1. The Morgan fingerprint density at radius 1 is 1.05 bits per heavy atom. The Morgan fingerprint density at radius 3 is 2.25 bits per heavy atom. The Bertz CT molecular complexity index is 1280. The van der Waals surface area contributed by atoms with Gasteiger partial charge in [-0.3, -0.25) is 19.2 Å². The molecule has 1 aromatic carbocycles. The number of likely N-dealkylation sites (tertiary alicyclic amines) is 1. The number of aliphatic hydroxyl groups excluding tert-OH is 1. The number of carboxylic acid groups (broad SMARTS) is 1. The number of ether oxygens (including phenoxy) is 2. The summed E-state index contributed by atoms with van der Waals surface area (Å²) in [5.74, 6) is -2.15. The van der Waals surface area contributed by atoms with Crippen molar-refractivity contribution in [2.75, 3.05) is 33.0 Å². The average Bonchev–Trinajstić information content (AvgIpc) is 3.57. The molecule has 0 spiro atoms. The Morgan fingerprint density at radius 2 is 1.68 bits per heavy atom. The zero-order valence-corrected chi connectivity index (χ0v) is 26.8. The third-order valence-corrected chi connectivity index (χ3v) is 8.34. The van der Waals surface area contributed by atoms with Crippen LogP contribution in [0.25, 0.3) is 10.4 Å². The number of nitrogens with one attached hydrogen (secondary N) is 2. The summed E-state index contributed by atoms with van der Waals surface area (Å²) in [6.45, 7) is 9.86. The molecule has 1 aromatic heterocycles. The van der Waals surface area contributed by atoms with Gasteiger partial charge in [0.05, 0.1) is 61.1 Å². The first-order valence-corrected chi connectivity index (χ1v) is 15.6. The third-order valence-electron chi connectivity index (χ3n) is 7.37. The van der Waals surface area contributed by atoms with E-state index in [2.05, 4.69) is 15.6 Å². The summed E-state index contributed by atoms with van der Waals surface area (Å²) >= 11 is 1.57. The molecule has 0 bridgehead atoms. The van der Waals surface area contributed by atoms with E-state index in [4.69, 9.17) is 14.6 Å². The molecule has 3 rings (SSSR count). The van der Waals surface area contributed by atoms with Crippen molar-refractivity contribution >= 4 is 35.0 Å². The highest BCUT2D eigenvalue weighted by molar-refractivity contribution is 7.13. The molecular formula is C31H44N4O8S. The predicted octanol–water partition coefficient (Wildman–Crippen LogP) is 2.69. The van der Waals surface area contributed by atoms with Crippen LogP contribution in [0.1, 0.15) is 64.3 Å². The number of benzene rings is 1. The molecule has 13 heteroatoms. The highest BCUT2D eigenvalue weighted by Gasteiger charge is 2.44. The molecule has 2 heterocycles. The SMILES string of the molecule is Cc1ncsc1-c1ccc(C(C)NC(=O)[C@@H]2C[C@@H](O)CN2C(=O)C(NC(=O)CCOCCOCCC(=O)O)C(C)(C)C)cc1. The number of carboxylic acids is 1. The average molecular weight is 633 g/mol. The van der Waals surface area contributed by atoms with Crippen molar-refractivity contribution in [1.29, 1.82) is 0 Å². The molecule has 1 fully saturated rings. The molecule has 1 aliphatic heterocycles. The number of rotatable bonds is 15. The quantitative estimate of drug-likeness (QED) is 0.216. The maximum absolute atomic E-state index is 13.8. The molecular weight excluding hydrogens is 588 g/mol. The van der Waals surface area contributed by atoms with Crippen molar-refractivity contribution in [1.82, 2.24) is 20.5 Å². The lowest BCUT2D eigenvalue weighted by Crippen LogP contribution is -2.58. The second-order valence-corrected chi connectivity index (χ2v) is 12.9. The fourth-order valence-electron chi connectivity index (χ4n) is 4.89. The van der Waals surface area contributed by atoms with Crippen molar-refractivity contribution in [3.63, 3.8) is 0 Å². The van der Waals surface area contributed by atoms with E-state index < -0.39 is 41.4 Å². The molecule has 3 amide bonds. The van der Waals surface area contributed by atoms with Gasteiger partial charge in [-0.2, -0.15) is 0 Å². The first-order valence-electron chi connectivity index (χ1n) is 14.7. The second kappa shape index (κ2) is 16.1. The number of nitrogens with zero attached hydrogens (tertiary/aromatic N) is 2. The molecule has 0 saturated carbocycles. The van der Waals surface area contributed by atoms with Gasteiger partial charge >= 0.3 is 5.97 Å². The van der Waals surface area contributed by atoms with Crippen molar-refractivity contribution in [2.45, 2.75) is 78.1 Å². The van der Waals surface area contributed by atoms with Gasteiger partial charge in [0.15, 0.2) is 0 Å². The molecule has 12 nitrogen and oxygen atoms in total. The standard InChI is InChI=1S/C31H44N4O8S/c1-19(21-6-8-22(9-7-21)27-20(2)32-18-44-27)33-29(40)24-16-23(36)17-35(24)30(41)28(31(3,4)5)34-25(37)10-12-42-14-15-43-13-11-26(38)39/h6-9,18-19,23-24,28,36H,10-17H2,1-5H3,(H,33,40)(H,34,37)(H,38,39)/t19?,23-,24+,28?/m1/s1. The number of aromatic nitrogens is 1. The lowest BCUT2D eigenvalue weighted by molar-refractivity contribution is -0.144. The minimum absolute atomic E-state index is 0.000392. The summed E-state index contributed by atoms with van der Waals surface area (Å²) in [5.41, 5.74) is 4.04. The van der Waals surface area contributed by atoms with Crippen LogP contribution in [0, 0.1) is 12.3 Å². The van der Waals surface area contributed by atoms with E-state index in [1.165, 1.54) is 4.90 Å². The number of hydrogen-bond acceptors (Lipinski definition) is 9. The summed E-state index contributed by atoms with van der Waals surface area (Å²) in [6, 6.07) is 5.73. The van der Waals surface area contributed by atoms with Crippen LogP contribution < -0.4 is 10.6 Å². The third kappa shape index (κ3) is 10.1. The molecule has 4 atom stereocenters. The molecule has 4 N–H and O–H groups in total. The number of aliphatic carboxylic acids is 1. The van der Waals surface area contributed by atoms with Crippen molar-refractivity contribution < 1.29 is 38.9 Å². The Labute approximate surface area is 262 Å². The molecule has 44 heavy (non-hydrogen) atoms. The summed E-state index contributed by atoms with van der Waals surface area (Å²) < 4.78 is 10.5. The van der Waals surface area contributed by atoms with Gasteiger partial charge < -0.3 is 35.2 Å². The van der Waals surface area contributed by atoms with Gasteiger partial charge in [-0.05, 0) is 30.4 Å². The lowest BCUT2D eigenvalue weighted by atomic mass is 9.85. The minimum atomic E-state index is -0.945. The van der Waals surface area contributed by atoms with E-state index in [0.29, 0.717) is 0 Å². The molecule has 242 valence electrons. The van der Waals surface area contributed by atoms with Crippen LogP contribution in [0.5, 0.6) is 0 Å². The van der Waals surface area contributed by atoms with Gasteiger partial charge in [0.1, 0.15) is 12.1 Å². The van der Waals surface area contributed by atoms with Gasteiger partial charge in [-0.15, -0.1) is 11.3 Å². The lowest BCUT2D eigenvalue weighted by Gasteiger charge is -2.35. The van der Waals surface area contributed by atoms with E-state index in [1.807, 2.05) is 64.4 Å². The fourth-order valence-corrected chi connectivity index (χ4v) is 5.71. The van der Waals surface area contributed by atoms with Crippen LogP contribution in [-0.4, -0.2) is 94.9 Å². The van der Waals surface area contributed by atoms with Crippen LogP contribution in [0.15, 0.2) is 29.8 Å². The van der Waals surface area contributed by atoms with Crippen molar-refractivity contribution in [3.05, 3.63) is 41.0 Å². The zero-order valence-electron chi connectivity index (χ0n) is 26.0. The highest BCUT2D eigenvalue weighted by atomic mass is 32.1. The van der Waals surface area contributed by atoms with Crippen LogP contribution in [0.4, 0.5) is 0 Å². The Balaban J connectivity index is 1.57. The number of aryl methyl sites for hydroxylation is 1. The molecule has 0 aliphatic carbocycles. The van der Waals surface area contributed by atoms with Gasteiger partial charge in [0, 0.05) is 19.4 Å². The topological polar surface area (TPSA) is 167 Å². The maximum atomic E-state index is 13.8. The van der Waals surface area contributed by atoms with E-state index in [9.17, 15) is 24.3 Å². The minimum Gasteiger partial charge on any atom is -0.481 e. The van der Waals surface area contributed by atoms with Crippen molar-refractivity contribution in [3.8, 4) is 10.4 Å². The van der Waals surface area contributed by atoms with Crippen molar-refractivity contribution in [2.24, 2.45) is 5.41 Å². The number of amides is 3. The fraction of sp³-hybridized carbons (Fsp3) is 0.581. The monoisotopic (exact) mass is 632 g/mol. The maximum Gasteiger partial charge on any atom is 0.305 e. The van der Waals surface area contributed by atoms with E-state index >= 15 is 0 Å². The summed E-state index contributed by atoms with van der Waals surface area (Å²) in [6.07, 6.45) is -0.863. The normalized spacial score (nSPS) is 18.1. The molecule has 1 saturated heterocycles. The molecule has 0 radical (unpaired) electrons. The first-order chi connectivity index (χ1) is 20.8. The summed E-state index contributed by atoms with van der Waals surface area (Å²) in [4.78, 5) is 57.2. The highest BCUT2D eigenvalue weighted by Crippen LogP contribution is 2.29. The van der Waals surface area contributed by atoms with E-state index in [0.717, 1.165) is 21.7 Å². The molecule has 2 unspecified atom stereocenters. The number of thiazole rings is 1. The zero-order chi connectivity index (χ0) is 32.4. The molecule has 1 aliphatic rings. The summed E-state index contributed by atoms with van der Waals surface area (Å²) in [5, 5.41) is 24.8. The van der Waals surface area contributed by atoms with Gasteiger partial charge in [0.2, 0.25) is 17.7 Å². The smallest absolute Gasteiger partial charge is 0.305 e. The molecule has 2 aromatic rings. The Kier molecular flexibility index (Phi) is 12.8. The van der Waals surface area contributed by atoms with Gasteiger partial charge in [-0.25, -0.2) is 4.98 Å². The largest absolute Gasteiger partial charge is 0.481 e. The van der Waals surface area contributed by atoms with Crippen LogP contribution in [0.3, 0.4) is 0 Å². The van der Waals surface area contributed by atoms with Crippen LogP contribution in [-0.2, 0) is 28.7 Å². The number of hydrogen-bond donors (Lipinski definition) is 4. The first kappa shape index (κ1) is 35.1.